The first-order valence-electron chi connectivity index (χ1n) is 11.7. The highest BCUT2D eigenvalue weighted by Gasteiger charge is 2.49. The van der Waals surface area contributed by atoms with E-state index in [9.17, 15) is 4.79 Å². The minimum atomic E-state index is -2.08. The molecule has 2 aliphatic rings. The fourth-order valence-corrected chi connectivity index (χ4v) is 5.31. The first-order chi connectivity index (χ1) is 13.8. The lowest BCUT2D eigenvalue weighted by molar-refractivity contribution is -0.129. The molecule has 170 valence electrons. The lowest BCUT2D eigenvalue weighted by Gasteiger charge is -2.44. The third-order valence-electron chi connectivity index (χ3n) is 7.65. The monoisotopic (exact) mass is 432 g/mol. The van der Waals surface area contributed by atoms with Gasteiger partial charge in [0.1, 0.15) is 5.76 Å². The Balaban J connectivity index is 2.61. The normalized spacial score (nSPS) is 32.0. The third-order valence-corrected chi connectivity index (χ3v) is 12.1. The van der Waals surface area contributed by atoms with Gasteiger partial charge in [-0.25, -0.2) is 0 Å². The Hall–Kier alpha value is -1.13. The summed E-state index contributed by atoms with van der Waals surface area (Å²) in [5.41, 5.74) is 1.79. The molecule has 4 heteroatoms. The number of hydrogen-bond acceptors (Lipinski definition) is 3. The van der Waals surface area contributed by atoms with Gasteiger partial charge in [0.05, 0.1) is 18.3 Å². The maximum Gasteiger partial charge on any atom is 0.193 e. The van der Waals surface area contributed by atoms with Gasteiger partial charge in [-0.3, -0.25) is 4.79 Å². The second-order valence-electron chi connectivity index (χ2n) is 11.0. The van der Waals surface area contributed by atoms with Crippen LogP contribution in [0.1, 0.15) is 80.6 Å². The molecular formula is C26H44O3Si. The molecule has 3 nitrogen and oxygen atoms in total. The Morgan fingerprint density at radius 2 is 1.90 bits per heavy atom. The molecule has 0 amide bonds. The first-order valence-corrected chi connectivity index (χ1v) is 14.6. The van der Waals surface area contributed by atoms with Gasteiger partial charge in [0.2, 0.25) is 0 Å². The minimum Gasteiger partial charge on any atom is -0.498 e. The van der Waals surface area contributed by atoms with Crippen LogP contribution >= 0.6 is 0 Å². The highest BCUT2D eigenvalue weighted by Crippen LogP contribution is 2.47. The highest BCUT2D eigenvalue weighted by molar-refractivity contribution is 6.74. The highest BCUT2D eigenvalue weighted by atomic mass is 28.4. The van der Waals surface area contributed by atoms with Crippen molar-refractivity contribution in [3.8, 4) is 0 Å². The zero-order chi connectivity index (χ0) is 22.7. The summed E-state index contributed by atoms with van der Waals surface area (Å²) in [6.45, 7) is 20.4. The van der Waals surface area contributed by atoms with Gasteiger partial charge in [0.25, 0.3) is 0 Å². The molecule has 2 aliphatic carbocycles. The molecule has 1 unspecified atom stereocenters. The van der Waals surface area contributed by atoms with E-state index in [0.717, 1.165) is 43.4 Å². The zero-order valence-electron chi connectivity index (χ0n) is 20.9. The van der Waals surface area contributed by atoms with Crippen molar-refractivity contribution in [1.29, 1.82) is 0 Å². The molecule has 0 aromatic carbocycles. The molecule has 30 heavy (non-hydrogen) atoms. The van der Waals surface area contributed by atoms with E-state index in [0.29, 0.717) is 6.61 Å². The Morgan fingerprint density at radius 1 is 1.23 bits per heavy atom. The van der Waals surface area contributed by atoms with Crippen LogP contribution in [-0.4, -0.2) is 26.8 Å². The Morgan fingerprint density at radius 3 is 2.50 bits per heavy atom. The molecule has 0 aliphatic heterocycles. The van der Waals surface area contributed by atoms with Crippen molar-refractivity contribution < 1.29 is 14.0 Å². The molecule has 0 aromatic heterocycles. The van der Waals surface area contributed by atoms with E-state index in [1.807, 2.05) is 6.92 Å². The van der Waals surface area contributed by atoms with Crippen molar-refractivity contribution >= 4 is 14.1 Å². The summed E-state index contributed by atoms with van der Waals surface area (Å²) in [5.74, 6) is 1.33. The topological polar surface area (TPSA) is 35.5 Å². The number of fused-ring (bicyclic) bond motifs is 2. The van der Waals surface area contributed by atoms with Crippen molar-refractivity contribution in [3.05, 3.63) is 35.1 Å². The van der Waals surface area contributed by atoms with Crippen LogP contribution in [0.25, 0.3) is 0 Å². The number of carbonyl (C=O) groups is 1. The van der Waals surface area contributed by atoms with Gasteiger partial charge in [0, 0.05) is 11.8 Å². The van der Waals surface area contributed by atoms with Crippen LogP contribution < -0.4 is 0 Å². The van der Waals surface area contributed by atoms with Crippen LogP contribution in [0.3, 0.4) is 0 Å². The quantitative estimate of drug-likeness (QED) is 0.344. The minimum absolute atomic E-state index is 0.0744. The van der Waals surface area contributed by atoms with E-state index in [2.05, 4.69) is 72.9 Å². The largest absolute Gasteiger partial charge is 0.498 e. The number of rotatable bonds is 4. The van der Waals surface area contributed by atoms with Gasteiger partial charge in [-0.2, -0.15) is 0 Å². The van der Waals surface area contributed by atoms with Crippen molar-refractivity contribution in [1.82, 2.24) is 0 Å². The molecule has 0 spiro atoms. The predicted octanol–water partition coefficient (Wildman–Crippen LogP) is 7.36. The summed E-state index contributed by atoms with van der Waals surface area (Å²) in [7, 11) is -2.08. The fourth-order valence-electron chi connectivity index (χ4n) is 4.12. The van der Waals surface area contributed by atoms with E-state index in [4.69, 9.17) is 9.16 Å². The van der Waals surface area contributed by atoms with Gasteiger partial charge in [-0.15, -0.1) is 0 Å². The molecule has 0 aromatic rings. The van der Waals surface area contributed by atoms with Crippen LogP contribution in [0.15, 0.2) is 35.1 Å². The summed E-state index contributed by atoms with van der Waals surface area (Å²) < 4.78 is 12.9. The molecule has 0 N–H and O–H groups in total. The number of ketones is 1. The molecule has 0 fully saturated rings. The van der Waals surface area contributed by atoms with Crippen molar-refractivity contribution in [3.63, 3.8) is 0 Å². The smallest absolute Gasteiger partial charge is 0.193 e. The molecule has 0 radical (unpaired) electrons. The van der Waals surface area contributed by atoms with E-state index in [1.165, 1.54) is 5.57 Å². The zero-order valence-corrected chi connectivity index (χ0v) is 21.9. The third kappa shape index (κ3) is 5.37. The number of hydrogen-bond donors (Lipinski definition) is 0. The Kier molecular flexibility index (Phi) is 8.01. The molecule has 2 bridgehead atoms. The maximum absolute atomic E-state index is 14.1. The number of Topliss-reactive ketones (excluding diaryl/α,β-unsaturated/α-hetero) is 1. The number of allylic oxidation sites excluding steroid dienone is 4. The average molecular weight is 433 g/mol. The van der Waals surface area contributed by atoms with Gasteiger partial charge in [-0.05, 0) is 63.6 Å². The number of ether oxygens (including phenoxy) is 1. The lowest BCUT2D eigenvalue weighted by atomic mass is 9.63. The molecule has 0 heterocycles. The van der Waals surface area contributed by atoms with Gasteiger partial charge >= 0.3 is 0 Å². The van der Waals surface area contributed by atoms with Crippen LogP contribution in [0.5, 0.6) is 0 Å². The van der Waals surface area contributed by atoms with E-state index in [-0.39, 0.29) is 28.3 Å². The van der Waals surface area contributed by atoms with E-state index < -0.39 is 8.32 Å². The summed E-state index contributed by atoms with van der Waals surface area (Å²) in [6, 6.07) is 0. The summed E-state index contributed by atoms with van der Waals surface area (Å²) in [5, 5.41) is 0.0744. The Bertz CT molecular complexity index is 723. The van der Waals surface area contributed by atoms with Crippen molar-refractivity contribution in [2.45, 2.75) is 105 Å². The summed E-state index contributed by atoms with van der Waals surface area (Å²) in [6.07, 6.45) is 11.0. The maximum atomic E-state index is 14.1. The van der Waals surface area contributed by atoms with Crippen molar-refractivity contribution in [2.24, 2.45) is 11.3 Å². The fraction of sp³-hybridized carbons (Fsp3) is 0.731. The van der Waals surface area contributed by atoms with Crippen molar-refractivity contribution in [2.75, 3.05) is 6.61 Å². The summed E-state index contributed by atoms with van der Waals surface area (Å²) >= 11 is 0. The van der Waals surface area contributed by atoms with Crippen LogP contribution in [0.2, 0.25) is 18.1 Å². The predicted molar refractivity (Wildman–Crippen MR) is 129 cm³/mol. The molecule has 3 atom stereocenters. The second kappa shape index (κ2) is 9.56. The van der Waals surface area contributed by atoms with Crippen LogP contribution in [-0.2, 0) is 14.0 Å². The molecular weight excluding hydrogens is 388 g/mol. The van der Waals surface area contributed by atoms with Crippen LogP contribution in [0, 0.1) is 11.3 Å². The first kappa shape index (κ1) is 25.1. The molecule has 0 saturated carbocycles. The number of carbonyl (C=O) groups excluding carboxylic acids is 1. The molecule has 2 rings (SSSR count). The van der Waals surface area contributed by atoms with E-state index >= 15 is 0 Å². The van der Waals surface area contributed by atoms with E-state index in [1.54, 1.807) is 0 Å². The second-order valence-corrected chi connectivity index (χ2v) is 15.7. The van der Waals surface area contributed by atoms with Crippen LogP contribution in [0.4, 0.5) is 0 Å². The SMILES string of the molecule is CCOC1=C2C(=O)[C@@](C)(CC/C(C)=C/CC/C=C/C2O[Si](C)(C)C(C)(C)C)[C@H](C)C1. The standard InChI is InChI=1S/C26H44O3Si/c1-10-28-22-18-20(3)26(7)17-16-19(2)14-12-11-13-15-21(23(22)24(26)27)29-30(8,9)25(4,5)6/h13-15,20-21H,10-12,16-18H2,1-9H3/b15-13+,19-14+/t20-,21?,26+/m1/s1. The van der Waals surface area contributed by atoms with Gasteiger partial charge in [0.15, 0.2) is 14.1 Å². The average Bonchev–Trinajstić information content (AvgIpc) is 2.62. The van der Waals surface area contributed by atoms with Gasteiger partial charge < -0.3 is 9.16 Å². The lowest BCUT2D eigenvalue weighted by Crippen LogP contribution is -2.48. The van der Waals surface area contributed by atoms with Gasteiger partial charge in [-0.1, -0.05) is 58.4 Å². The Labute approximate surface area is 186 Å². The molecule has 0 saturated heterocycles. The summed E-state index contributed by atoms with van der Waals surface area (Å²) in [4.78, 5) is 14.1.